The zero-order chi connectivity index (χ0) is 13.5. The molecule has 1 atom stereocenters. The van der Waals surface area contributed by atoms with Gasteiger partial charge in [-0.1, -0.05) is 11.6 Å². The Labute approximate surface area is 113 Å². The monoisotopic (exact) mass is 269 g/mol. The van der Waals surface area contributed by atoms with Crippen LogP contribution in [0.1, 0.15) is 30.9 Å². The van der Waals surface area contributed by atoms with E-state index >= 15 is 0 Å². The van der Waals surface area contributed by atoms with Crippen LogP contribution in [0.25, 0.3) is 0 Å². The van der Waals surface area contributed by atoms with Crippen LogP contribution >= 0.6 is 11.6 Å². The second-order valence-electron chi connectivity index (χ2n) is 5.06. The summed E-state index contributed by atoms with van der Waals surface area (Å²) in [5.41, 5.74) is 8.10. The van der Waals surface area contributed by atoms with Gasteiger partial charge < -0.3 is 15.2 Å². The third-order valence-corrected chi connectivity index (χ3v) is 4.43. The minimum Gasteiger partial charge on any atom is -0.493 e. The summed E-state index contributed by atoms with van der Waals surface area (Å²) in [7, 11) is 3.28. The summed E-state index contributed by atoms with van der Waals surface area (Å²) in [6.45, 7) is 4.00. The van der Waals surface area contributed by atoms with Gasteiger partial charge in [-0.05, 0) is 38.3 Å². The van der Waals surface area contributed by atoms with Crippen LogP contribution in [0.2, 0.25) is 5.02 Å². The predicted molar refractivity (Wildman–Crippen MR) is 73.9 cm³/mol. The molecule has 3 nitrogen and oxygen atoms in total. The Bertz CT molecular complexity index is 467. The average Bonchev–Trinajstić information content (AvgIpc) is 3.12. The highest BCUT2D eigenvalue weighted by Crippen LogP contribution is 2.57. The van der Waals surface area contributed by atoms with E-state index in [0.29, 0.717) is 0 Å². The lowest BCUT2D eigenvalue weighted by Crippen LogP contribution is -2.32. The van der Waals surface area contributed by atoms with E-state index in [1.807, 2.05) is 19.9 Å². The molecule has 2 rings (SSSR count). The SMILES string of the molecule is COc1cc(C)c(Cl)c(C2(C(C)N)CC2)c1OC. The normalized spacial score (nSPS) is 18.3. The van der Waals surface area contributed by atoms with Crippen molar-refractivity contribution in [2.75, 3.05) is 14.2 Å². The van der Waals surface area contributed by atoms with Crippen molar-refractivity contribution in [3.8, 4) is 11.5 Å². The standard InChI is InChI=1S/C14H20ClNO2/c1-8-7-10(17-3)13(18-4)11(12(8)15)14(5-6-14)9(2)16/h7,9H,5-6,16H2,1-4H3. The molecule has 0 radical (unpaired) electrons. The number of hydrogen-bond donors (Lipinski definition) is 1. The Morgan fingerprint density at radius 1 is 1.33 bits per heavy atom. The summed E-state index contributed by atoms with van der Waals surface area (Å²) in [6.07, 6.45) is 2.10. The Morgan fingerprint density at radius 2 is 1.94 bits per heavy atom. The molecular formula is C14H20ClNO2. The van der Waals surface area contributed by atoms with Crippen LogP contribution in [0.3, 0.4) is 0 Å². The van der Waals surface area contributed by atoms with Gasteiger partial charge in [-0.15, -0.1) is 0 Å². The first-order valence-corrected chi connectivity index (χ1v) is 6.53. The Hall–Kier alpha value is -0.930. The first kappa shape index (κ1) is 13.5. The van der Waals surface area contributed by atoms with Crippen LogP contribution in [-0.4, -0.2) is 20.3 Å². The van der Waals surface area contributed by atoms with Gasteiger partial charge in [0.05, 0.1) is 19.2 Å². The van der Waals surface area contributed by atoms with Gasteiger partial charge in [0.1, 0.15) is 0 Å². The van der Waals surface area contributed by atoms with E-state index in [2.05, 4.69) is 0 Å². The molecule has 1 unspecified atom stereocenters. The van der Waals surface area contributed by atoms with Crippen LogP contribution in [0.4, 0.5) is 0 Å². The molecule has 2 N–H and O–H groups in total. The first-order valence-electron chi connectivity index (χ1n) is 6.15. The molecule has 0 aromatic heterocycles. The fourth-order valence-electron chi connectivity index (χ4n) is 2.61. The summed E-state index contributed by atoms with van der Waals surface area (Å²) in [6, 6.07) is 1.96. The third kappa shape index (κ3) is 1.86. The molecule has 1 saturated carbocycles. The zero-order valence-electron chi connectivity index (χ0n) is 11.3. The van der Waals surface area contributed by atoms with E-state index in [-0.39, 0.29) is 11.5 Å². The number of nitrogens with two attached hydrogens (primary N) is 1. The zero-order valence-corrected chi connectivity index (χ0v) is 12.1. The van der Waals surface area contributed by atoms with Crippen LogP contribution < -0.4 is 15.2 Å². The minimum absolute atomic E-state index is 0.0513. The van der Waals surface area contributed by atoms with E-state index in [9.17, 15) is 0 Å². The van der Waals surface area contributed by atoms with Crippen molar-refractivity contribution in [3.05, 3.63) is 22.2 Å². The molecule has 1 aromatic carbocycles. The van der Waals surface area contributed by atoms with Gasteiger partial charge in [-0.2, -0.15) is 0 Å². The van der Waals surface area contributed by atoms with E-state index in [1.165, 1.54) is 0 Å². The lowest BCUT2D eigenvalue weighted by Gasteiger charge is -2.26. The highest BCUT2D eigenvalue weighted by Gasteiger charge is 2.51. The maximum Gasteiger partial charge on any atom is 0.166 e. The van der Waals surface area contributed by atoms with Crippen molar-refractivity contribution in [3.63, 3.8) is 0 Å². The lowest BCUT2D eigenvalue weighted by atomic mass is 9.87. The predicted octanol–water partition coefficient (Wildman–Crippen LogP) is 3.04. The van der Waals surface area contributed by atoms with Gasteiger partial charge in [0.15, 0.2) is 11.5 Å². The fourth-order valence-corrected chi connectivity index (χ4v) is 2.94. The number of methoxy groups -OCH3 is 2. The molecule has 100 valence electrons. The van der Waals surface area contributed by atoms with Crippen molar-refractivity contribution < 1.29 is 9.47 Å². The van der Waals surface area contributed by atoms with Crippen molar-refractivity contribution in [1.29, 1.82) is 0 Å². The molecule has 0 aliphatic heterocycles. The smallest absolute Gasteiger partial charge is 0.166 e. The van der Waals surface area contributed by atoms with Crippen molar-refractivity contribution >= 4 is 11.6 Å². The van der Waals surface area contributed by atoms with E-state index in [0.717, 1.165) is 40.5 Å². The highest BCUT2D eigenvalue weighted by atomic mass is 35.5. The summed E-state index contributed by atoms with van der Waals surface area (Å²) in [5, 5.41) is 0.752. The van der Waals surface area contributed by atoms with E-state index in [4.69, 9.17) is 26.8 Å². The van der Waals surface area contributed by atoms with Crippen molar-refractivity contribution in [2.24, 2.45) is 5.73 Å². The number of aryl methyl sites for hydroxylation is 1. The lowest BCUT2D eigenvalue weighted by molar-refractivity contribution is 0.345. The van der Waals surface area contributed by atoms with Crippen LogP contribution in [-0.2, 0) is 5.41 Å². The second-order valence-corrected chi connectivity index (χ2v) is 5.44. The summed E-state index contributed by atoms with van der Waals surface area (Å²) >= 11 is 6.48. The van der Waals surface area contributed by atoms with Gasteiger partial charge in [-0.25, -0.2) is 0 Å². The maximum absolute atomic E-state index is 6.48. The minimum atomic E-state index is -0.0538. The molecule has 0 saturated heterocycles. The van der Waals surface area contributed by atoms with Crippen molar-refractivity contribution in [1.82, 2.24) is 0 Å². The second kappa shape index (κ2) is 4.63. The molecule has 1 fully saturated rings. The molecule has 18 heavy (non-hydrogen) atoms. The Balaban J connectivity index is 2.68. The summed E-state index contributed by atoms with van der Waals surface area (Å²) < 4.78 is 10.9. The molecule has 4 heteroatoms. The maximum atomic E-state index is 6.48. The Morgan fingerprint density at radius 3 is 2.33 bits per heavy atom. The summed E-state index contributed by atoms with van der Waals surface area (Å²) in [5.74, 6) is 1.45. The molecule has 0 amide bonds. The highest BCUT2D eigenvalue weighted by molar-refractivity contribution is 6.32. The largest absolute Gasteiger partial charge is 0.493 e. The van der Waals surface area contributed by atoms with Gasteiger partial charge in [0, 0.05) is 17.0 Å². The van der Waals surface area contributed by atoms with Gasteiger partial charge in [0.2, 0.25) is 0 Å². The molecule has 0 heterocycles. The molecule has 1 aromatic rings. The number of halogens is 1. The van der Waals surface area contributed by atoms with E-state index < -0.39 is 0 Å². The number of ether oxygens (including phenoxy) is 2. The molecular weight excluding hydrogens is 250 g/mol. The number of benzene rings is 1. The fraction of sp³-hybridized carbons (Fsp3) is 0.571. The van der Waals surface area contributed by atoms with Gasteiger partial charge in [-0.3, -0.25) is 0 Å². The quantitative estimate of drug-likeness (QED) is 0.914. The molecule has 0 bridgehead atoms. The Kier molecular flexibility index (Phi) is 3.47. The molecule has 1 aliphatic carbocycles. The average molecular weight is 270 g/mol. The van der Waals surface area contributed by atoms with Crippen LogP contribution in [0, 0.1) is 6.92 Å². The topological polar surface area (TPSA) is 44.5 Å². The summed E-state index contributed by atoms with van der Waals surface area (Å²) in [4.78, 5) is 0. The number of rotatable bonds is 4. The van der Waals surface area contributed by atoms with Crippen LogP contribution in [0.5, 0.6) is 11.5 Å². The van der Waals surface area contributed by atoms with Gasteiger partial charge >= 0.3 is 0 Å². The van der Waals surface area contributed by atoms with Crippen molar-refractivity contribution in [2.45, 2.75) is 38.1 Å². The molecule has 0 spiro atoms. The molecule has 1 aliphatic rings. The third-order valence-electron chi connectivity index (χ3n) is 3.95. The number of hydrogen-bond acceptors (Lipinski definition) is 3. The van der Waals surface area contributed by atoms with E-state index in [1.54, 1.807) is 14.2 Å². The first-order chi connectivity index (χ1) is 8.47. The van der Waals surface area contributed by atoms with Crippen LogP contribution in [0.15, 0.2) is 6.07 Å². The van der Waals surface area contributed by atoms with Gasteiger partial charge in [0.25, 0.3) is 0 Å².